The number of halogens is 2. The average molecular weight is 280 g/mol. The predicted octanol–water partition coefficient (Wildman–Crippen LogP) is 3.56. The molecule has 1 N–H and O–H groups in total. The van der Waals surface area contributed by atoms with Crippen LogP contribution in [0, 0.1) is 11.6 Å². The number of nitrogens with zero attached hydrogens (tertiary/aromatic N) is 1. The Morgan fingerprint density at radius 1 is 1.21 bits per heavy atom. The van der Waals surface area contributed by atoms with Crippen LogP contribution in [0.3, 0.4) is 0 Å². The van der Waals surface area contributed by atoms with Crippen LogP contribution in [0.5, 0.6) is 0 Å². The lowest BCUT2D eigenvalue weighted by atomic mass is 9.99. The van der Waals surface area contributed by atoms with Crippen molar-refractivity contribution >= 4 is 11.3 Å². The van der Waals surface area contributed by atoms with Crippen LogP contribution < -0.4 is 5.32 Å². The SMILES string of the molecule is Fc1ccc(F)c(-c2csc(C3CCNCC3)n2)c1. The minimum atomic E-state index is -0.437. The smallest absolute Gasteiger partial charge is 0.132 e. The molecule has 5 heteroatoms. The normalized spacial score (nSPS) is 16.7. The summed E-state index contributed by atoms with van der Waals surface area (Å²) < 4.78 is 26.9. The third-order valence-electron chi connectivity index (χ3n) is 3.41. The Balaban J connectivity index is 1.89. The number of piperidine rings is 1. The van der Waals surface area contributed by atoms with Crippen LogP contribution in [0.1, 0.15) is 23.8 Å². The second-order valence-corrected chi connectivity index (χ2v) is 5.61. The monoisotopic (exact) mass is 280 g/mol. The molecule has 1 aliphatic heterocycles. The van der Waals surface area contributed by atoms with Gasteiger partial charge in [-0.25, -0.2) is 13.8 Å². The molecule has 1 aromatic carbocycles. The van der Waals surface area contributed by atoms with E-state index < -0.39 is 11.6 Å². The van der Waals surface area contributed by atoms with E-state index >= 15 is 0 Å². The second kappa shape index (κ2) is 5.35. The fraction of sp³-hybridized carbons (Fsp3) is 0.357. The van der Waals surface area contributed by atoms with Gasteiger partial charge in [-0.1, -0.05) is 0 Å². The van der Waals surface area contributed by atoms with Gasteiger partial charge in [0.25, 0.3) is 0 Å². The number of benzene rings is 1. The van der Waals surface area contributed by atoms with E-state index in [0.29, 0.717) is 11.6 Å². The van der Waals surface area contributed by atoms with E-state index in [9.17, 15) is 8.78 Å². The molecule has 0 radical (unpaired) electrons. The number of rotatable bonds is 2. The first-order valence-electron chi connectivity index (χ1n) is 6.35. The van der Waals surface area contributed by atoms with Gasteiger partial charge < -0.3 is 5.32 Å². The molecule has 1 fully saturated rings. The van der Waals surface area contributed by atoms with Crippen molar-refractivity contribution in [2.75, 3.05) is 13.1 Å². The highest BCUT2D eigenvalue weighted by Gasteiger charge is 2.19. The molecular weight excluding hydrogens is 266 g/mol. The van der Waals surface area contributed by atoms with Crippen LogP contribution in [-0.4, -0.2) is 18.1 Å². The first kappa shape index (κ1) is 12.7. The summed E-state index contributed by atoms with van der Waals surface area (Å²) in [4.78, 5) is 4.49. The third-order valence-corrected chi connectivity index (χ3v) is 4.42. The minimum Gasteiger partial charge on any atom is -0.317 e. The van der Waals surface area contributed by atoms with E-state index in [0.717, 1.165) is 43.1 Å². The molecule has 19 heavy (non-hydrogen) atoms. The minimum absolute atomic E-state index is 0.247. The van der Waals surface area contributed by atoms with Crippen molar-refractivity contribution in [3.05, 3.63) is 40.2 Å². The third kappa shape index (κ3) is 2.67. The standard InChI is InChI=1S/C14H14F2N2S/c15-10-1-2-12(16)11(7-10)13-8-19-14(18-13)9-3-5-17-6-4-9/h1-2,7-9,17H,3-6H2. The number of hydrogen-bond donors (Lipinski definition) is 1. The van der Waals surface area contributed by atoms with Gasteiger partial charge in [0.2, 0.25) is 0 Å². The van der Waals surface area contributed by atoms with Gasteiger partial charge in [-0.2, -0.15) is 0 Å². The van der Waals surface area contributed by atoms with E-state index in [1.807, 2.05) is 5.38 Å². The van der Waals surface area contributed by atoms with E-state index in [4.69, 9.17) is 0 Å². The van der Waals surface area contributed by atoms with Crippen molar-refractivity contribution in [3.8, 4) is 11.3 Å². The van der Waals surface area contributed by atoms with Gasteiger partial charge in [0.15, 0.2) is 0 Å². The van der Waals surface area contributed by atoms with Crippen molar-refractivity contribution in [3.63, 3.8) is 0 Å². The van der Waals surface area contributed by atoms with Crippen LogP contribution in [0.4, 0.5) is 8.78 Å². The molecule has 0 spiro atoms. The van der Waals surface area contributed by atoms with Gasteiger partial charge in [-0.15, -0.1) is 11.3 Å². The van der Waals surface area contributed by atoms with Crippen molar-refractivity contribution in [2.45, 2.75) is 18.8 Å². The lowest BCUT2D eigenvalue weighted by Crippen LogP contribution is -2.26. The molecule has 3 rings (SSSR count). The Hall–Kier alpha value is -1.33. The van der Waals surface area contributed by atoms with Crippen molar-refractivity contribution in [1.29, 1.82) is 0 Å². The molecule has 2 nitrogen and oxygen atoms in total. The maximum atomic E-state index is 13.7. The molecule has 1 saturated heterocycles. The van der Waals surface area contributed by atoms with Crippen LogP contribution in [0.25, 0.3) is 11.3 Å². The summed E-state index contributed by atoms with van der Waals surface area (Å²) in [7, 11) is 0. The summed E-state index contributed by atoms with van der Waals surface area (Å²) in [5.74, 6) is -0.423. The fourth-order valence-electron chi connectivity index (χ4n) is 2.36. The zero-order chi connectivity index (χ0) is 13.2. The highest BCUT2D eigenvalue weighted by molar-refractivity contribution is 7.10. The van der Waals surface area contributed by atoms with Crippen LogP contribution >= 0.6 is 11.3 Å². The second-order valence-electron chi connectivity index (χ2n) is 4.72. The van der Waals surface area contributed by atoms with Crippen LogP contribution in [-0.2, 0) is 0 Å². The number of thiazole rings is 1. The topological polar surface area (TPSA) is 24.9 Å². The number of aromatic nitrogens is 1. The van der Waals surface area contributed by atoms with Gasteiger partial charge in [0.1, 0.15) is 11.6 Å². The Morgan fingerprint density at radius 3 is 2.79 bits per heavy atom. The highest BCUT2D eigenvalue weighted by atomic mass is 32.1. The molecular formula is C14H14F2N2S. The van der Waals surface area contributed by atoms with Gasteiger partial charge in [-0.3, -0.25) is 0 Å². The quantitative estimate of drug-likeness (QED) is 0.910. The molecule has 0 unspecified atom stereocenters. The van der Waals surface area contributed by atoms with E-state index in [1.54, 1.807) is 0 Å². The fourth-order valence-corrected chi connectivity index (χ4v) is 3.35. The maximum Gasteiger partial charge on any atom is 0.132 e. The molecule has 1 aromatic heterocycles. The first-order valence-corrected chi connectivity index (χ1v) is 7.23. The molecule has 1 aliphatic rings. The maximum absolute atomic E-state index is 13.7. The van der Waals surface area contributed by atoms with Gasteiger partial charge in [0, 0.05) is 16.9 Å². The Labute approximate surface area is 114 Å². The summed E-state index contributed by atoms with van der Waals surface area (Å²) in [5, 5.41) is 6.15. The van der Waals surface area contributed by atoms with Gasteiger partial charge in [0.05, 0.1) is 10.7 Å². The summed E-state index contributed by atoms with van der Waals surface area (Å²) in [6.07, 6.45) is 2.11. The van der Waals surface area contributed by atoms with E-state index in [1.165, 1.54) is 17.4 Å². The predicted molar refractivity (Wildman–Crippen MR) is 72.3 cm³/mol. The van der Waals surface area contributed by atoms with Crippen molar-refractivity contribution in [2.24, 2.45) is 0 Å². The summed E-state index contributed by atoms with van der Waals surface area (Å²) >= 11 is 1.54. The largest absolute Gasteiger partial charge is 0.317 e. The Kier molecular flexibility index (Phi) is 3.57. The van der Waals surface area contributed by atoms with Crippen LogP contribution in [0.15, 0.2) is 23.6 Å². The molecule has 0 saturated carbocycles. The Bertz CT molecular complexity index is 577. The van der Waals surface area contributed by atoms with Gasteiger partial charge >= 0.3 is 0 Å². The lowest BCUT2D eigenvalue weighted by molar-refractivity contribution is 0.459. The number of nitrogens with one attached hydrogen (secondary N) is 1. The summed E-state index contributed by atoms with van der Waals surface area (Å²) in [5.41, 5.74) is 0.784. The van der Waals surface area contributed by atoms with E-state index in [2.05, 4.69) is 10.3 Å². The zero-order valence-electron chi connectivity index (χ0n) is 10.3. The van der Waals surface area contributed by atoms with Crippen LogP contribution in [0.2, 0.25) is 0 Å². The van der Waals surface area contributed by atoms with E-state index in [-0.39, 0.29) is 5.56 Å². The molecule has 0 aliphatic carbocycles. The molecule has 2 heterocycles. The first-order chi connectivity index (χ1) is 9.24. The molecule has 2 aromatic rings. The zero-order valence-corrected chi connectivity index (χ0v) is 11.1. The lowest BCUT2D eigenvalue weighted by Gasteiger charge is -2.20. The summed E-state index contributed by atoms with van der Waals surface area (Å²) in [6, 6.07) is 3.48. The highest BCUT2D eigenvalue weighted by Crippen LogP contribution is 2.32. The summed E-state index contributed by atoms with van der Waals surface area (Å²) in [6.45, 7) is 1.99. The van der Waals surface area contributed by atoms with Gasteiger partial charge in [-0.05, 0) is 44.1 Å². The number of hydrogen-bond acceptors (Lipinski definition) is 3. The molecule has 0 atom stereocenters. The molecule has 0 bridgehead atoms. The molecule has 100 valence electrons. The Morgan fingerprint density at radius 2 is 2.00 bits per heavy atom. The van der Waals surface area contributed by atoms with Crippen molar-refractivity contribution in [1.82, 2.24) is 10.3 Å². The molecule has 0 amide bonds. The van der Waals surface area contributed by atoms with Crippen molar-refractivity contribution < 1.29 is 8.78 Å². The average Bonchev–Trinajstić information content (AvgIpc) is 2.92.